The van der Waals surface area contributed by atoms with Crippen LogP contribution in [0.2, 0.25) is 0 Å². The third kappa shape index (κ3) is 6.53. The van der Waals surface area contributed by atoms with E-state index in [9.17, 15) is 9.59 Å². The van der Waals surface area contributed by atoms with Crippen LogP contribution in [-0.4, -0.2) is 17.7 Å². The molecule has 0 radical (unpaired) electrons. The zero-order chi connectivity index (χ0) is 16.3. The van der Waals surface area contributed by atoms with Crippen molar-refractivity contribution in [2.75, 3.05) is 0 Å². The number of rotatable bonds is 5. The van der Waals surface area contributed by atoms with Gasteiger partial charge in [0.05, 0.1) is 6.04 Å². The fourth-order valence-corrected chi connectivity index (χ4v) is 2.33. The number of hydrogen-bond donors (Lipinski definition) is 1. The lowest BCUT2D eigenvalue weighted by Crippen LogP contribution is -2.47. The molecule has 3 heteroatoms. The summed E-state index contributed by atoms with van der Waals surface area (Å²) in [6.45, 7) is 18.0. The maximum Gasteiger partial charge on any atom is 0.223 e. The molecule has 0 aliphatic rings. The first-order chi connectivity index (χ1) is 8.75. The summed E-state index contributed by atoms with van der Waals surface area (Å²) in [6, 6.07) is -0.427. The molecule has 2 atom stereocenters. The van der Waals surface area contributed by atoms with Crippen molar-refractivity contribution in [3.8, 4) is 0 Å². The van der Waals surface area contributed by atoms with Crippen LogP contribution in [0, 0.1) is 22.7 Å². The van der Waals surface area contributed by atoms with Gasteiger partial charge in [0.1, 0.15) is 0 Å². The summed E-state index contributed by atoms with van der Waals surface area (Å²) in [4.78, 5) is 24.6. The highest BCUT2D eigenvalue weighted by atomic mass is 16.2. The fourth-order valence-electron chi connectivity index (χ4n) is 2.33. The summed E-state index contributed by atoms with van der Waals surface area (Å²) >= 11 is 0. The number of Topliss-reactive ketones (excluding diaryl/α,β-unsaturated/α-hetero) is 1. The minimum atomic E-state index is -0.427. The van der Waals surface area contributed by atoms with Gasteiger partial charge < -0.3 is 5.32 Å². The van der Waals surface area contributed by atoms with Crippen molar-refractivity contribution >= 4 is 11.7 Å². The minimum absolute atomic E-state index is 0.0000231. The molecule has 0 aliphatic carbocycles. The van der Waals surface area contributed by atoms with Crippen molar-refractivity contribution < 1.29 is 9.59 Å². The van der Waals surface area contributed by atoms with Crippen molar-refractivity contribution in [1.82, 2.24) is 5.32 Å². The molecule has 0 heterocycles. The molecule has 0 saturated heterocycles. The molecular formula is C17H33NO2. The van der Waals surface area contributed by atoms with Gasteiger partial charge in [0.25, 0.3) is 0 Å². The predicted octanol–water partition coefficient (Wildman–Crippen LogP) is 3.81. The lowest BCUT2D eigenvalue weighted by Gasteiger charge is -2.30. The van der Waals surface area contributed by atoms with Gasteiger partial charge in [0.2, 0.25) is 5.91 Å². The Kier molecular flexibility index (Phi) is 6.44. The number of carbonyl (C=O) groups excluding carboxylic acids is 2. The second-order valence-corrected chi connectivity index (χ2v) is 8.46. The number of hydrogen-bond acceptors (Lipinski definition) is 2. The van der Waals surface area contributed by atoms with Crippen molar-refractivity contribution in [3.63, 3.8) is 0 Å². The Morgan fingerprint density at radius 1 is 0.950 bits per heavy atom. The van der Waals surface area contributed by atoms with Crippen LogP contribution in [0.3, 0.4) is 0 Å². The molecule has 0 saturated carbocycles. The van der Waals surface area contributed by atoms with Gasteiger partial charge in [0, 0.05) is 11.3 Å². The van der Waals surface area contributed by atoms with E-state index >= 15 is 0 Å². The Morgan fingerprint density at radius 2 is 1.40 bits per heavy atom. The first-order valence-electron chi connectivity index (χ1n) is 7.60. The van der Waals surface area contributed by atoms with Gasteiger partial charge in [0.15, 0.2) is 5.78 Å². The summed E-state index contributed by atoms with van der Waals surface area (Å²) in [7, 11) is 0. The second kappa shape index (κ2) is 6.73. The van der Waals surface area contributed by atoms with E-state index in [1.807, 2.05) is 20.8 Å². The van der Waals surface area contributed by atoms with Gasteiger partial charge >= 0.3 is 0 Å². The van der Waals surface area contributed by atoms with E-state index in [1.165, 1.54) is 0 Å². The lowest BCUT2D eigenvalue weighted by molar-refractivity contribution is -0.134. The summed E-state index contributed by atoms with van der Waals surface area (Å²) in [5.74, 6) is 0.292. The van der Waals surface area contributed by atoms with Gasteiger partial charge in [-0.05, 0) is 24.7 Å². The van der Waals surface area contributed by atoms with Crippen molar-refractivity contribution in [2.24, 2.45) is 22.7 Å². The molecule has 0 spiro atoms. The molecule has 0 bridgehead atoms. The normalized spacial score (nSPS) is 15.9. The summed E-state index contributed by atoms with van der Waals surface area (Å²) in [5.41, 5.74) is -0.326. The number of amides is 1. The van der Waals surface area contributed by atoms with Gasteiger partial charge in [-0.1, -0.05) is 55.4 Å². The highest BCUT2D eigenvalue weighted by Crippen LogP contribution is 2.29. The molecule has 3 nitrogen and oxygen atoms in total. The monoisotopic (exact) mass is 283 g/mol. The number of nitrogens with one attached hydrogen (secondary N) is 1. The lowest BCUT2D eigenvalue weighted by atomic mass is 9.79. The van der Waals surface area contributed by atoms with Crippen LogP contribution in [0.5, 0.6) is 0 Å². The van der Waals surface area contributed by atoms with Crippen LogP contribution >= 0.6 is 0 Å². The third-order valence-corrected chi connectivity index (χ3v) is 3.47. The van der Waals surface area contributed by atoms with Crippen LogP contribution in [-0.2, 0) is 9.59 Å². The molecule has 0 aliphatic heterocycles. The van der Waals surface area contributed by atoms with Crippen LogP contribution in [0.1, 0.15) is 68.7 Å². The maximum atomic E-state index is 12.4. The molecule has 0 fully saturated rings. The maximum absolute atomic E-state index is 12.4. The molecule has 20 heavy (non-hydrogen) atoms. The average Bonchev–Trinajstić information content (AvgIpc) is 2.21. The molecule has 0 aromatic carbocycles. The van der Waals surface area contributed by atoms with E-state index < -0.39 is 11.5 Å². The molecule has 0 rings (SSSR count). The Hall–Kier alpha value is -0.860. The molecule has 0 aromatic heterocycles. The third-order valence-electron chi connectivity index (χ3n) is 3.47. The van der Waals surface area contributed by atoms with Gasteiger partial charge in [-0.3, -0.25) is 9.59 Å². The first kappa shape index (κ1) is 19.1. The van der Waals surface area contributed by atoms with E-state index in [2.05, 4.69) is 39.9 Å². The van der Waals surface area contributed by atoms with Crippen LogP contribution in [0.4, 0.5) is 0 Å². The molecule has 1 N–H and O–H groups in total. The minimum Gasteiger partial charge on any atom is -0.346 e. The van der Waals surface area contributed by atoms with E-state index in [4.69, 9.17) is 0 Å². The zero-order valence-corrected chi connectivity index (χ0v) is 14.8. The van der Waals surface area contributed by atoms with Crippen LogP contribution < -0.4 is 5.32 Å². The van der Waals surface area contributed by atoms with E-state index in [1.54, 1.807) is 6.92 Å². The number of carbonyl (C=O) groups is 2. The standard InChI is InChI=1S/C17H33NO2/c1-11(2)13(10-16(4,5)6)15(20)18-12(3)14(19)17(7,8)9/h11-13H,10H2,1-9H3,(H,18,20)/t12-,13-/m0/s1. The van der Waals surface area contributed by atoms with E-state index in [0.717, 1.165) is 6.42 Å². The van der Waals surface area contributed by atoms with Crippen molar-refractivity contribution in [3.05, 3.63) is 0 Å². The van der Waals surface area contributed by atoms with Crippen molar-refractivity contribution in [2.45, 2.75) is 74.8 Å². The quantitative estimate of drug-likeness (QED) is 0.834. The van der Waals surface area contributed by atoms with Gasteiger partial charge in [-0.25, -0.2) is 0 Å². The Morgan fingerprint density at radius 3 is 1.70 bits per heavy atom. The summed E-state index contributed by atoms with van der Waals surface area (Å²) in [6.07, 6.45) is 0.826. The molecular weight excluding hydrogens is 250 g/mol. The van der Waals surface area contributed by atoms with Gasteiger partial charge in [-0.15, -0.1) is 0 Å². The molecule has 118 valence electrons. The smallest absolute Gasteiger partial charge is 0.223 e. The predicted molar refractivity (Wildman–Crippen MR) is 84.5 cm³/mol. The Labute approximate surface area is 124 Å². The summed E-state index contributed by atoms with van der Waals surface area (Å²) in [5, 5.41) is 2.90. The molecule has 0 unspecified atom stereocenters. The average molecular weight is 283 g/mol. The van der Waals surface area contributed by atoms with E-state index in [0.29, 0.717) is 0 Å². The van der Waals surface area contributed by atoms with Crippen molar-refractivity contribution in [1.29, 1.82) is 0 Å². The van der Waals surface area contributed by atoms with Crippen LogP contribution in [0.15, 0.2) is 0 Å². The van der Waals surface area contributed by atoms with Gasteiger partial charge in [-0.2, -0.15) is 0 Å². The fraction of sp³-hybridized carbons (Fsp3) is 0.882. The first-order valence-corrected chi connectivity index (χ1v) is 7.60. The summed E-state index contributed by atoms with van der Waals surface area (Å²) < 4.78 is 0. The topological polar surface area (TPSA) is 46.2 Å². The zero-order valence-electron chi connectivity index (χ0n) is 14.8. The highest BCUT2D eigenvalue weighted by Gasteiger charge is 2.32. The van der Waals surface area contributed by atoms with Crippen LogP contribution in [0.25, 0.3) is 0 Å². The number of ketones is 1. The second-order valence-electron chi connectivity index (χ2n) is 8.46. The highest BCUT2D eigenvalue weighted by molar-refractivity contribution is 5.92. The molecule has 0 aromatic rings. The Bertz CT molecular complexity index is 345. The Balaban J connectivity index is 4.83. The largest absolute Gasteiger partial charge is 0.346 e. The SMILES string of the molecule is CC(C)[C@H](CC(C)(C)C)C(=O)N[C@@H](C)C(=O)C(C)(C)C. The molecule has 1 amide bonds. The van der Waals surface area contributed by atoms with E-state index in [-0.39, 0.29) is 28.9 Å².